The zero-order chi connectivity index (χ0) is 18.0. The van der Waals surface area contributed by atoms with E-state index in [0.29, 0.717) is 30.3 Å². The van der Waals surface area contributed by atoms with Gasteiger partial charge in [-0.15, -0.1) is 0 Å². The number of hydrogen-bond donors (Lipinski definition) is 1. The molecule has 1 aromatic carbocycles. The molecule has 25 heavy (non-hydrogen) atoms. The standard InChI is InChI=1S/C17H21N3O4S/c1-12-6-8-20(9-7-12)17(21)14-4-3-5-15(11-14)25(22,23)19-16-10-13(2)24-18-16/h3-5,10-12H,6-9H2,1-2H3,(H,18,19). The van der Waals surface area contributed by atoms with Crippen molar-refractivity contribution in [3.63, 3.8) is 0 Å². The van der Waals surface area contributed by atoms with E-state index in [1.165, 1.54) is 18.2 Å². The summed E-state index contributed by atoms with van der Waals surface area (Å²) in [5.41, 5.74) is 0.369. The summed E-state index contributed by atoms with van der Waals surface area (Å²) in [6.45, 7) is 5.25. The Hall–Kier alpha value is -2.35. The molecule has 1 aliphatic heterocycles. The van der Waals surface area contributed by atoms with Crippen LogP contribution in [-0.4, -0.2) is 37.5 Å². The van der Waals surface area contributed by atoms with Crippen molar-refractivity contribution in [3.05, 3.63) is 41.7 Å². The fourth-order valence-corrected chi connectivity index (χ4v) is 3.83. The van der Waals surface area contributed by atoms with Gasteiger partial charge in [-0.1, -0.05) is 18.1 Å². The van der Waals surface area contributed by atoms with Crippen LogP contribution in [0.1, 0.15) is 35.9 Å². The zero-order valence-electron chi connectivity index (χ0n) is 14.2. The van der Waals surface area contributed by atoms with Gasteiger partial charge in [0.1, 0.15) is 5.76 Å². The van der Waals surface area contributed by atoms with Crippen molar-refractivity contribution in [1.29, 1.82) is 0 Å². The third-order valence-electron chi connectivity index (χ3n) is 4.33. The third-order valence-corrected chi connectivity index (χ3v) is 5.68. The SMILES string of the molecule is Cc1cc(NS(=O)(=O)c2cccc(C(=O)N3CCC(C)CC3)c2)no1. The van der Waals surface area contributed by atoms with Crippen molar-refractivity contribution in [2.45, 2.75) is 31.6 Å². The number of carbonyl (C=O) groups is 1. The van der Waals surface area contributed by atoms with E-state index < -0.39 is 10.0 Å². The Balaban J connectivity index is 1.79. The largest absolute Gasteiger partial charge is 0.360 e. The Morgan fingerprint density at radius 2 is 2.00 bits per heavy atom. The number of aromatic nitrogens is 1. The number of likely N-dealkylation sites (tertiary alicyclic amines) is 1. The molecule has 0 radical (unpaired) electrons. The average Bonchev–Trinajstić information content (AvgIpc) is 2.99. The second-order valence-electron chi connectivity index (χ2n) is 6.43. The average molecular weight is 363 g/mol. The van der Waals surface area contributed by atoms with Crippen LogP contribution in [0.4, 0.5) is 5.82 Å². The molecule has 1 fully saturated rings. The van der Waals surface area contributed by atoms with Crippen LogP contribution in [0, 0.1) is 12.8 Å². The quantitative estimate of drug-likeness (QED) is 0.901. The van der Waals surface area contributed by atoms with E-state index in [4.69, 9.17) is 4.52 Å². The summed E-state index contributed by atoms with van der Waals surface area (Å²) in [5.74, 6) is 1.09. The summed E-state index contributed by atoms with van der Waals surface area (Å²) in [6.07, 6.45) is 1.94. The summed E-state index contributed by atoms with van der Waals surface area (Å²) in [5, 5.41) is 3.62. The molecule has 0 bridgehead atoms. The molecular weight excluding hydrogens is 342 g/mol. The lowest BCUT2D eigenvalue weighted by molar-refractivity contribution is 0.0697. The third kappa shape index (κ3) is 4.01. The van der Waals surface area contributed by atoms with Crippen molar-refractivity contribution in [3.8, 4) is 0 Å². The van der Waals surface area contributed by atoms with E-state index in [9.17, 15) is 13.2 Å². The maximum absolute atomic E-state index is 12.6. The first kappa shape index (κ1) is 17.5. The van der Waals surface area contributed by atoms with Gasteiger partial charge in [-0.3, -0.25) is 9.52 Å². The fourth-order valence-electron chi connectivity index (χ4n) is 2.80. The summed E-state index contributed by atoms with van der Waals surface area (Å²) in [4.78, 5) is 14.4. The van der Waals surface area contributed by atoms with Crippen LogP contribution in [0.2, 0.25) is 0 Å². The molecule has 8 heteroatoms. The molecule has 0 saturated carbocycles. The monoisotopic (exact) mass is 363 g/mol. The summed E-state index contributed by atoms with van der Waals surface area (Å²) >= 11 is 0. The first-order valence-corrected chi connectivity index (χ1v) is 9.69. The molecule has 3 rings (SSSR count). The van der Waals surface area contributed by atoms with Gasteiger partial charge in [0.2, 0.25) is 0 Å². The highest BCUT2D eigenvalue weighted by atomic mass is 32.2. The maximum Gasteiger partial charge on any atom is 0.263 e. The van der Waals surface area contributed by atoms with Gasteiger partial charge < -0.3 is 9.42 Å². The molecule has 0 spiro atoms. The lowest BCUT2D eigenvalue weighted by Crippen LogP contribution is -2.37. The molecular formula is C17H21N3O4S. The highest BCUT2D eigenvalue weighted by molar-refractivity contribution is 7.92. The predicted octanol–water partition coefficient (Wildman–Crippen LogP) is 2.66. The Labute approximate surface area is 147 Å². The number of nitrogens with one attached hydrogen (secondary N) is 1. The fraction of sp³-hybridized carbons (Fsp3) is 0.412. The van der Waals surface area contributed by atoms with Gasteiger partial charge in [0.05, 0.1) is 4.90 Å². The second-order valence-corrected chi connectivity index (χ2v) is 8.11. The molecule has 1 aromatic heterocycles. The van der Waals surface area contributed by atoms with Gasteiger partial charge in [0.15, 0.2) is 5.82 Å². The van der Waals surface area contributed by atoms with Gasteiger partial charge in [0, 0.05) is 24.7 Å². The van der Waals surface area contributed by atoms with Gasteiger partial charge in [0.25, 0.3) is 15.9 Å². The Morgan fingerprint density at radius 1 is 1.28 bits per heavy atom. The van der Waals surface area contributed by atoms with Crippen molar-refractivity contribution in [1.82, 2.24) is 10.1 Å². The van der Waals surface area contributed by atoms with Gasteiger partial charge in [-0.05, 0) is 43.9 Å². The highest BCUT2D eigenvalue weighted by Gasteiger charge is 2.23. The minimum Gasteiger partial charge on any atom is -0.360 e. The van der Waals surface area contributed by atoms with Crippen molar-refractivity contribution in [2.75, 3.05) is 17.8 Å². The Kier molecular flexibility index (Phi) is 4.80. The van der Waals surface area contributed by atoms with Gasteiger partial charge in [-0.25, -0.2) is 8.42 Å². The van der Waals surface area contributed by atoms with Crippen molar-refractivity contribution < 1.29 is 17.7 Å². The van der Waals surface area contributed by atoms with Crippen LogP contribution in [-0.2, 0) is 10.0 Å². The number of piperidine rings is 1. The molecule has 0 aliphatic carbocycles. The lowest BCUT2D eigenvalue weighted by atomic mass is 9.98. The van der Waals surface area contributed by atoms with Gasteiger partial charge in [-0.2, -0.15) is 0 Å². The topological polar surface area (TPSA) is 92.5 Å². The van der Waals surface area contributed by atoms with Gasteiger partial charge >= 0.3 is 0 Å². The molecule has 0 unspecified atom stereocenters. The van der Waals surface area contributed by atoms with E-state index in [-0.39, 0.29) is 16.6 Å². The Morgan fingerprint density at radius 3 is 2.64 bits per heavy atom. The molecule has 1 saturated heterocycles. The summed E-state index contributed by atoms with van der Waals surface area (Å²) in [7, 11) is -3.84. The number of amides is 1. The maximum atomic E-state index is 12.6. The predicted molar refractivity (Wildman–Crippen MR) is 92.8 cm³/mol. The number of anilines is 1. The van der Waals surface area contributed by atoms with E-state index in [1.807, 2.05) is 0 Å². The van der Waals surface area contributed by atoms with Crippen LogP contribution in [0.5, 0.6) is 0 Å². The normalized spacial score (nSPS) is 16.0. The zero-order valence-corrected chi connectivity index (χ0v) is 15.0. The molecule has 2 aromatic rings. The van der Waals surface area contributed by atoms with Crippen LogP contribution < -0.4 is 4.72 Å². The number of sulfonamides is 1. The van der Waals surface area contributed by atoms with E-state index in [2.05, 4.69) is 16.8 Å². The summed E-state index contributed by atoms with van der Waals surface area (Å²) < 4.78 is 32.2. The molecule has 7 nitrogen and oxygen atoms in total. The lowest BCUT2D eigenvalue weighted by Gasteiger charge is -2.30. The van der Waals surface area contributed by atoms with E-state index in [0.717, 1.165) is 12.8 Å². The molecule has 1 amide bonds. The number of aryl methyl sites for hydroxylation is 1. The van der Waals surface area contributed by atoms with Crippen LogP contribution >= 0.6 is 0 Å². The number of hydrogen-bond acceptors (Lipinski definition) is 5. The molecule has 1 N–H and O–H groups in total. The number of nitrogens with zero attached hydrogens (tertiary/aromatic N) is 2. The minimum absolute atomic E-state index is 0.0179. The molecule has 0 atom stereocenters. The first-order valence-electron chi connectivity index (χ1n) is 8.20. The van der Waals surface area contributed by atoms with E-state index >= 15 is 0 Å². The minimum atomic E-state index is -3.84. The first-order chi connectivity index (χ1) is 11.8. The molecule has 134 valence electrons. The molecule has 2 heterocycles. The second kappa shape index (κ2) is 6.87. The van der Waals surface area contributed by atoms with Crippen molar-refractivity contribution >= 4 is 21.7 Å². The van der Waals surface area contributed by atoms with Crippen LogP contribution in [0.15, 0.2) is 39.8 Å². The smallest absolute Gasteiger partial charge is 0.263 e. The molecule has 1 aliphatic rings. The van der Waals surface area contributed by atoms with Crippen molar-refractivity contribution in [2.24, 2.45) is 5.92 Å². The van der Waals surface area contributed by atoms with Crippen LogP contribution in [0.3, 0.4) is 0 Å². The summed E-state index contributed by atoms with van der Waals surface area (Å²) in [6, 6.07) is 7.55. The van der Waals surface area contributed by atoms with Crippen LogP contribution in [0.25, 0.3) is 0 Å². The number of carbonyl (C=O) groups excluding carboxylic acids is 1. The number of benzene rings is 1. The highest BCUT2D eigenvalue weighted by Crippen LogP contribution is 2.21. The Bertz CT molecular complexity index is 868. The van der Waals surface area contributed by atoms with E-state index in [1.54, 1.807) is 24.0 Å². The number of rotatable bonds is 4.